The van der Waals surface area contributed by atoms with Gasteiger partial charge >= 0.3 is 29.5 Å². The Bertz CT molecular complexity index is 149. The Labute approximate surface area is 61.7 Å². The molecule has 0 aliphatic carbocycles. The van der Waals surface area contributed by atoms with Crippen LogP contribution in [-0.4, -0.2) is 19.0 Å². The van der Waals surface area contributed by atoms with Gasteiger partial charge in [-0.15, -0.1) is 0 Å². The van der Waals surface area contributed by atoms with Gasteiger partial charge in [0.1, 0.15) is 0 Å². The van der Waals surface area contributed by atoms with Gasteiger partial charge in [0.05, 0.1) is 5.60 Å². The third-order valence-electron chi connectivity index (χ3n) is 0. The van der Waals surface area contributed by atoms with Gasteiger partial charge in [0.2, 0.25) is 0 Å². The third-order valence-corrected chi connectivity index (χ3v) is 0. The molecule has 0 bridgehead atoms. The first kappa shape index (κ1) is 12.7. The van der Waals surface area contributed by atoms with Crippen LogP contribution >= 0.6 is 0 Å². The van der Waals surface area contributed by atoms with E-state index in [0.717, 1.165) is 0 Å². The van der Waals surface area contributed by atoms with Crippen molar-refractivity contribution in [2.45, 2.75) is 26.4 Å². The van der Waals surface area contributed by atoms with E-state index in [1.54, 1.807) is 20.8 Å². The summed E-state index contributed by atoms with van der Waals surface area (Å²) in [5.41, 5.74) is -0.500. The van der Waals surface area contributed by atoms with Gasteiger partial charge in [-0.1, -0.05) is 0 Å². The molecular formula is C4H12CrO5. The Morgan fingerprint density at radius 3 is 1.10 bits per heavy atom. The molecule has 0 saturated carbocycles. The molecule has 5 nitrogen and oxygen atoms in total. The van der Waals surface area contributed by atoms with Crippen molar-refractivity contribution in [2.75, 3.05) is 0 Å². The van der Waals surface area contributed by atoms with Crippen molar-refractivity contribution in [3.05, 3.63) is 0 Å². The van der Waals surface area contributed by atoms with Crippen LogP contribution in [0.2, 0.25) is 0 Å². The summed E-state index contributed by atoms with van der Waals surface area (Å²) in [5, 5.41) is 8.52. The SMILES string of the molecule is CC(C)(C)O.[O]=[Cr](=[O])([OH])[OH]. The van der Waals surface area contributed by atoms with Crippen LogP contribution in [0.15, 0.2) is 0 Å². The molecule has 0 aromatic heterocycles. The molecule has 0 atom stereocenters. The van der Waals surface area contributed by atoms with Crippen molar-refractivity contribution in [1.29, 1.82) is 0 Å². The summed E-state index contributed by atoms with van der Waals surface area (Å²) >= 11 is -5.25. The van der Waals surface area contributed by atoms with E-state index < -0.39 is 19.2 Å². The fourth-order valence-corrected chi connectivity index (χ4v) is 0. The van der Waals surface area contributed by atoms with Crippen molar-refractivity contribution < 1.29 is 34.6 Å². The molecule has 0 unspecified atom stereocenters. The van der Waals surface area contributed by atoms with Gasteiger partial charge in [0.25, 0.3) is 0 Å². The fourth-order valence-electron chi connectivity index (χ4n) is 0. The summed E-state index contributed by atoms with van der Waals surface area (Å²) in [6, 6.07) is 0. The second-order valence-electron chi connectivity index (χ2n) is 2.62. The van der Waals surface area contributed by atoms with Gasteiger partial charge in [0.15, 0.2) is 0 Å². The summed E-state index contributed by atoms with van der Waals surface area (Å²) in [6.45, 7) is 5.23. The Kier molecular flexibility index (Phi) is 5.08. The van der Waals surface area contributed by atoms with Crippen molar-refractivity contribution in [3.63, 3.8) is 0 Å². The molecule has 0 aliphatic heterocycles. The summed E-state index contributed by atoms with van der Waals surface area (Å²) in [7, 11) is 0. The molecule has 0 heterocycles. The molecule has 0 aliphatic rings. The van der Waals surface area contributed by atoms with Gasteiger partial charge < -0.3 is 5.11 Å². The van der Waals surface area contributed by atoms with E-state index in [4.69, 9.17) is 21.0 Å². The van der Waals surface area contributed by atoms with Crippen LogP contribution in [0.1, 0.15) is 20.8 Å². The summed E-state index contributed by atoms with van der Waals surface area (Å²) in [4.78, 5) is 0. The van der Waals surface area contributed by atoms with Gasteiger partial charge in [-0.05, 0) is 20.8 Å². The van der Waals surface area contributed by atoms with E-state index in [1.807, 2.05) is 0 Å². The van der Waals surface area contributed by atoms with Gasteiger partial charge in [-0.25, -0.2) is 0 Å². The van der Waals surface area contributed by atoms with Crippen molar-refractivity contribution in [3.8, 4) is 0 Å². The predicted molar refractivity (Wildman–Crippen MR) is 27.8 cm³/mol. The van der Waals surface area contributed by atoms with Crippen LogP contribution in [0.3, 0.4) is 0 Å². The zero-order valence-electron chi connectivity index (χ0n) is 6.07. The van der Waals surface area contributed by atoms with Gasteiger partial charge in [0, 0.05) is 0 Å². The van der Waals surface area contributed by atoms with Crippen molar-refractivity contribution in [1.82, 2.24) is 0 Å². The molecule has 0 aromatic carbocycles. The molecular weight excluding hydrogens is 180 g/mol. The summed E-state index contributed by atoms with van der Waals surface area (Å²) in [5.74, 6) is 0. The first-order valence-corrected chi connectivity index (χ1v) is 4.60. The predicted octanol–water partition coefficient (Wildman–Crippen LogP) is -0.577. The Morgan fingerprint density at radius 1 is 1.10 bits per heavy atom. The second kappa shape index (κ2) is 4.01. The number of hydrogen-bond acceptors (Lipinski definition) is 3. The first-order chi connectivity index (χ1) is 4.00. The molecule has 0 amide bonds. The molecule has 0 fully saturated rings. The monoisotopic (exact) mass is 192 g/mol. The number of hydrogen-bond donors (Lipinski definition) is 3. The van der Waals surface area contributed by atoms with Gasteiger partial charge in [-0.3, -0.25) is 0 Å². The standard InChI is InChI=1S/C4H10O.Cr.2H2O.2O/c1-4(2,3)5;;;;;/h5H,1-3H3;;2*1H2;;/q;+2;;;;/p-2. The van der Waals surface area contributed by atoms with Crippen LogP contribution in [-0.2, 0) is 21.2 Å². The minimum atomic E-state index is -5.25. The first-order valence-electron chi connectivity index (χ1n) is 2.42. The molecule has 3 N–H and O–H groups in total. The Hall–Kier alpha value is 0.0125. The molecule has 0 radical (unpaired) electrons. The normalized spacial score (nSPS) is 11.8. The maximum absolute atomic E-state index is 8.82. The van der Waals surface area contributed by atoms with Gasteiger partial charge in [-0.2, -0.15) is 0 Å². The van der Waals surface area contributed by atoms with E-state index in [9.17, 15) is 0 Å². The molecule has 0 aromatic rings. The topological polar surface area (TPSA) is 94.8 Å². The van der Waals surface area contributed by atoms with E-state index in [0.29, 0.717) is 0 Å². The Morgan fingerprint density at radius 2 is 1.10 bits per heavy atom. The van der Waals surface area contributed by atoms with Crippen molar-refractivity contribution >= 4 is 0 Å². The molecule has 0 rings (SSSR count). The number of aliphatic hydroxyl groups is 1. The zero-order chi connectivity index (χ0) is 9.00. The molecule has 0 saturated heterocycles. The quantitative estimate of drug-likeness (QED) is 0.477. The Balaban J connectivity index is 0. The van der Waals surface area contributed by atoms with E-state index in [-0.39, 0.29) is 0 Å². The minimum absolute atomic E-state index is 0.500. The van der Waals surface area contributed by atoms with Crippen LogP contribution in [0.25, 0.3) is 0 Å². The fraction of sp³-hybridized carbons (Fsp3) is 1.00. The molecule has 0 spiro atoms. The molecule has 64 valence electrons. The summed E-state index contributed by atoms with van der Waals surface area (Å²) in [6.07, 6.45) is 0. The van der Waals surface area contributed by atoms with Crippen molar-refractivity contribution in [2.24, 2.45) is 0 Å². The molecule has 6 heteroatoms. The van der Waals surface area contributed by atoms with E-state index in [1.165, 1.54) is 0 Å². The van der Waals surface area contributed by atoms with Crippen LogP contribution in [0.4, 0.5) is 0 Å². The average molecular weight is 192 g/mol. The number of rotatable bonds is 0. The second-order valence-corrected chi connectivity index (χ2v) is 4.02. The summed E-state index contributed by atoms with van der Waals surface area (Å²) < 4.78 is 31.9. The van der Waals surface area contributed by atoms with Crippen LogP contribution < -0.4 is 0 Å². The average Bonchev–Trinajstić information content (AvgIpc) is 1.12. The van der Waals surface area contributed by atoms with Crippen LogP contribution in [0, 0.1) is 0 Å². The van der Waals surface area contributed by atoms with E-state index in [2.05, 4.69) is 0 Å². The maximum atomic E-state index is 8.82. The third kappa shape index (κ3) is 2530000. The molecule has 10 heavy (non-hydrogen) atoms. The zero-order valence-corrected chi connectivity index (χ0v) is 7.34. The van der Waals surface area contributed by atoms with Crippen LogP contribution in [0.5, 0.6) is 0 Å². The van der Waals surface area contributed by atoms with E-state index >= 15 is 0 Å².